The van der Waals surface area contributed by atoms with Crippen molar-refractivity contribution >= 4 is 23.3 Å². The van der Waals surface area contributed by atoms with Crippen LogP contribution < -0.4 is 10.6 Å². The molecule has 158 valence electrons. The molecule has 29 heavy (non-hydrogen) atoms. The predicted octanol–water partition coefficient (Wildman–Crippen LogP) is 5.73. The zero-order valence-electron chi connectivity index (χ0n) is 17.8. The number of urea groups is 1. The minimum absolute atomic E-state index is 0.133. The first kappa shape index (κ1) is 23.2. The quantitative estimate of drug-likeness (QED) is 0.336. The maximum absolute atomic E-state index is 11.9. The summed E-state index contributed by atoms with van der Waals surface area (Å²) in [6.07, 6.45) is 4.41. The minimum atomic E-state index is -0.133. The number of likely N-dealkylation sites (N-methyl/N-ethyl adjacent to an activating group) is 1. The monoisotopic (exact) mass is 416 g/mol. The Balaban J connectivity index is 1.65. The fourth-order valence-electron chi connectivity index (χ4n) is 3.63. The average Bonchev–Trinajstić information content (AvgIpc) is 2.75. The van der Waals surface area contributed by atoms with Crippen molar-refractivity contribution < 1.29 is 9.28 Å². The van der Waals surface area contributed by atoms with E-state index in [1.54, 1.807) is 0 Å². The van der Waals surface area contributed by atoms with Crippen molar-refractivity contribution in [2.24, 2.45) is 0 Å². The van der Waals surface area contributed by atoms with Gasteiger partial charge in [0.1, 0.15) is 0 Å². The van der Waals surface area contributed by atoms with E-state index in [1.807, 2.05) is 42.5 Å². The molecular weight excluding hydrogens is 382 g/mol. The van der Waals surface area contributed by atoms with E-state index in [1.165, 1.54) is 18.5 Å². The van der Waals surface area contributed by atoms with Crippen molar-refractivity contribution in [3.05, 3.63) is 65.2 Å². The molecule has 0 bridgehead atoms. The molecule has 2 amide bonds. The molecule has 0 aliphatic carbocycles. The molecule has 0 unspecified atom stereocenters. The lowest BCUT2D eigenvalue weighted by molar-refractivity contribution is -0.925. The SMILES string of the molecule is CC[N+](CC)(CCCCCNC(=O)Nc1ccccc1)CCc1ccc(Cl)cc1. The molecule has 0 saturated carbocycles. The normalized spacial score (nSPS) is 11.3. The Kier molecular flexibility index (Phi) is 10.0. The van der Waals surface area contributed by atoms with Crippen molar-refractivity contribution in [3.63, 3.8) is 0 Å². The van der Waals surface area contributed by atoms with Crippen molar-refractivity contribution in [1.82, 2.24) is 5.32 Å². The summed E-state index contributed by atoms with van der Waals surface area (Å²) in [6.45, 7) is 9.95. The van der Waals surface area contributed by atoms with Gasteiger partial charge in [-0.05, 0) is 62.9 Å². The number of rotatable bonds is 12. The molecule has 0 atom stereocenters. The summed E-state index contributed by atoms with van der Waals surface area (Å²) < 4.78 is 1.14. The lowest BCUT2D eigenvalue weighted by Gasteiger charge is -2.37. The second-order valence-electron chi connectivity index (χ2n) is 7.61. The van der Waals surface area contributed by atoms with Crippen LogP contribution in [0.25, 0.3) is 0 Å². The average molecular weight is 417 g/mol. The van der Waals surface area contributed by atoms with Crippen LogP contribution in [-0.2, 0) is 6.42 Å². The maximum atomic E-state index is 11.9. The Bertz CT molecular complexity index is 715. The molecule has 0 spiro atoms. The van der Waals surface area contributed by atoms with Crippen LogP contribution in [0.5, 0.6) is 0 Å². The molecule has 0 aromatic heterocycles. The van der Waals surface area contributed by atoms with Crippen LogP contribution in [0.4, 0.5) is 10.5 Å². The zero-order valence-corrected chi connectivity index (χ0v) is 18.5. The van der Waals surface area contributed by atoms with Gasteiger partial charge >= 0.3 is 6.03 Å². The number of hydrogen-bond acceptors (Lipinski definition) is 1. The first-order chi connectivity index (χ1) is 14.1. The van der Waals surface area contributed by atoms with Gasteiger partial charge in [-0.25, -0.2) is 4.79 Å². The molecule has 2 rings (SSSR count). The second-order valence-corrected chi connectivity index (χ2v) is 8.04. The fourth-order valence-corrected chi connectivity index (χ4v) is 3.76. The number of quaternary nitrogens is 1. The number of para-hydroxylation sites is 1. The number of anilines is 1. The van der Waals surface area contributed by atoms with Crippen molar-refractivity contribution in [2.45, 2.75) is 39.5 Å². The third-order valence-corrected chi connectivity index (χ3v) is 6.01. The van der Waals surface area contributed by atoms with Crippen LogP contribution in [0.2, 0.25) is 5.02 Å². The molecule has 5 heteroatoms. The van der Waals surface area contributed by atoms with Crippen LogP contribution in [0.15, 0.2) is 54.6 Å². The summed E-state index contributed by atoms with van der Waals surface area (Å²) >= 11 is 5.99. The summed E-state index contributed by atoms with van der Waals surface area (Å²) in [5.41, 5.74) is 2.17. The number of nitrogens with one attached hydrogen (secondary N) is 2. The van der Waals surface area contributed by atoms with Gasteiger partial charge in [-0.2, -0.15) is 0 Å². The van der Waals surface area contributed by atoms with Gasteiger partial charge in [-0.15, -0.1) is 0 Å². The van der Waals surface area contributed by atoms with Crippen molar-refractivity contribution in [1.29, 1.82) is 0 Å². The number of nitrogens with zero attached hydrogens (tertiary/aromatic N) is 1. The molecule has 4 nitrogen and oxygen atoms in total. The van der Waals surface area contributed by atoms with Gasteiger partial charge in [-0.3, -0.25) is 0 Å². The van der Waals surface area contributed by atoms with E-state index < -0.39 is 0 Å². The van der Waals surface area contributed by atoms with E-state index in [4.69, 9.17) is 11.6 Å². The molecule has 0 heterocycles. The number of hydrogen-bond donors (Lipinski definition) is 2. The van der Waals surface area contributed by atoms with Gasteiger partial charge in [0.2, 0.25) is 0 Å². The first-order valence-electron chi connectivity index (χ1n) is 10.8. The third-order valence-electron chi connectivity index (χ3n) is 5.76. The van der Waals surface area contributed by atoms with Crippen molar-refractivity contribution in [3.8, 4) is 0 Å². The van der Waals surface area contributed by atoms with Crippen LogP contribution in [-0.4, -0.2) is 43.2 Å². The van der Waals surface area contributed by atoms with Crippen LogP contribution >= 0.6 is 11.6 Å². The molecule has 2 aromatic carbocycles. The van der Waals surface area contributed by atoms with Crippen LogP contribution in [0.3, 0.4) is 0 Å². The van der Waals surface area contributed by atoms with Gasteiger partial charge in [-0.1, -0.05) is 41.9 Å². The topological polar surface area (TPSA) is 41.1 Å². The highest BCUT2D eigenvalue weighted by Gasteiger charge is 2.22. The standard InChI is InChI=1S/C24H34ClN3O/c1-3-28(4-2,20-17-21-13-15-22(25)16-14-21)19-10-6-9-18-26-24(29)27-23-11-7-5-8-12-23/h5,7-8,11-16H,3-4,6,9-10,17-20H2,1-2H3,(H-,26,27,29)/p+1. The Morgan fingerprint density at radius 2 is 1.59 bits per heavy atom. The van der Waals surface area contributed by atoms with E-state index in [2.05, 4.69) is 36.6 Å². The Hall–Kier alpha value is -2.04. The molecule has 0 aliphatic heterocycles. The second kappa shape index (κ2) is 12.5. The number of carbonyl (C=O) groups is 1. The molecule has 2 aromatic rings. The van der Waals surface area contributed by atoms with E-state index in [0.29, 0.717) is 6.54 Å². The van der Waals surface area contributed by atoms with Gasteiger partial charge in [0.25, 0.3) is 0 Å². The Labute approximate surface area is 180 Å². The highest BCUT2D eigenvalue weighted by atomic mass is 35.5. The zero-order chi connectivity index (χ0) is 21.0. The van der Waals surface area contributed by atoms with E-state index in [9.17, 15) is 4.79 Å². The molecule has 0 aliphatic rings. The van der Waals surface area contributed by atoms with E-state index in [-0.39, 0.29) is 6.03 Å². The molecule has 2 N–H and O–H groups in total. The van der Waals surface area contributed by atoms with Gasteiger partial charge in [0, 0.05) is 23.7 Å². The Morgan fingerprint density at radius 3 is 2.24 bits per heavy atom. The van der Waals surface area contributed by atoms with Gasteiger partial charge in [0.15, 0.2) is 0 Å². The number of halogens is 1. The third kappa shape index (κ3) is 8.46. The summed E-state index contributed by atoms with van der Waals surface area (Å²) in [6, 6.07) is 17.6. The van der Waals surface area contributed by atoms with Crippen molar-refractivity contribution in [2.75, 3.05) is 38.0 Å². The highest BCUT2D eigenvalue weighted by Crippen LogP contribution is 2.15. The highest BCUT2D eigenvalue weighted by molar-refractivity contribution is 6.30. The largest absolute Gasteiger partial charge is 0.338 e. The minimum Gasteiger partial charge on any atom is -0.338 e. The number of carbonyl (C=O) groups excluding carboxylic acids is 1. The molecule has 0 saturated heterocycles. The van der Waals surface area contributed by atoms with Crippen LogP contribution in [0.1, 0.15) is 38.7 Å². The summed E-state index contributed by atoms with van der Waals surface area (Å²) in [5, 5.41) is 6.59. The summed E-state index contributed by atoms with van der Waals surface area (Å²) in [7, 11) is 0. The first-order valence-corrected chi connectivity index (χ1v) is 11.1. The Morgan fingerprint density at radius 1 is 0.897 bits per heavy atom. The van der Waals surface area contributed by atoms with Gasteiger partial charge in [0.05, 0.1) is 26.2 Å². The number of benzene rings is 2. The summed E-state index contributed by atoms with van der Waals surface area (Å²) in [5.74, 6) is 0. The van der Waals surface area contributed by atoms with E-state index >= 15 is 0 Å². The van der Waals surface area contributed by atoms with Crippen LogP contribution in [0, 0.1) is 0 Å². The predicted molar refractivity (Wildman–Crippen MR) is 124 cm³/mol. The summed E-state index contributed by atoms with van der Waals surface area (Å²) in [4.78, 5) is 11.9. The smallest absolute Gasteiger partial charge is 0.319 e. The lowest BCUT2D eigenvalue weighted by Crippen LogP contribution is -2.49. The number of unbranched alkanes of at least 4 members (excludes halogenated alkanes) is 2. The molecular formula is C24H35ClN3O+. The molecule has 0 fully saturated rings. The fraction of sp³-hybridized carbons (Fsp3) is 0.458. The van der Waals surface area contributed by atoms with Gasteiger partial charge < -0.3 is 15.1 Å². The number of amides is 2. The molecule has 0 radical (unpaired) electrons. The maximum Gasteiger partial charge on any atom is 0.319 e. The lowest BCUT2D eigenvalue weighted by atomic mass is 10.1. The van der Waals surface area contributed by atoms with E-state index in [0.717, 1.165) is 54.1 Å².